The molecule has 2 aromatic rings. The topological polar surface area (TPSA) is 56.7 Å². The van der Waals surface area contributed by atoms with Gasteiger partial charge in [-0.15, -0.1) is 10.2 Å². The molecule has 0 aliphatic carbocycles. The lowest BCUT2D eigenvalue weighted by atomic mass is 9.98. The lowest BCUT2D eigenvalue weighted by Gasteiger charge is -2.26. The number of halogens is 3. The number of aromatic nitrogens is 3. The Morgan fingerprint density at radius 3 is 2.52 bits per heavy atom. The Morgan fingerprint density at radius 1 is 1.19 bits per heavy atom. The van der Waals surface area contributed by atoms with Crippen molar-refractivity contribution in [3.8, 4) is 11.4 Å². The molecule has 0 amide bonds. The van der Waals surface area contributed by atoms with Gasteiger partial charge in [0.25, 0.3) is 0 Å². The maximum Gasteiger partial charge on any atom is 0.393 e. The molecule has 4 nitrogen and oxygen atoms in total. The molecule has 2 N–H and O–H groups in total. The fourth-order valence-electron chi connectivity index (χ4n) is 2.60. The molecule has 1 unspecified atom stereocenters. The van der Waals surface area contributed by atoms with Crippen LogP contribution in [0.15, 0.2) is 24.3 Å². The number of aryl methyl sites for hydroxylation is 1. The highest BCUT2D eigenvalue weighted by Crippen LogP contribution is 2.35. The Kier molecular flexibility index (Phi) is 3.44. The van der Waals surface area contributed by atoms with Crippen molar-refractivity contribution in [1.29, 1.82) is 0 Å². The molecule has 0 spiro atoms. The van der Waals surface area contributed by atoms with Crippen molar-refractivity contribution in [3.05, 3.63) is 35.7 Å². The molecule has 0 fully saturated rings. The molecular formula is C14H15F3N4. The fraction of sp³-hybridized carbons (Fsp3) is 0.429. The van der Waals surface area contributed by atoms with E-state index in [1.807, 2.05) is 24.3 Å². The van der Waals surface area contributed by atoms with Gasteiger partial charge < -0.3 is 10.3 Å². The fourth-order valence-corrected chi connectivity index (χ4v) is 2.60. The average Bonchev–Trinajstić information content (AvgIpc) is 2.89. The van der Waals surface area contributed by atoms with Crippen LogP contribution in [0.25, 0.3) is 11.4 Å². The summed E-state index contributed by atoms with van der Waals surface area (Å²) < 4.78 is 40.3. The number of benzene rings is 1. The molecule has 0 saturated heterocycles. The highest BCUT2D eigenvalue weighted by Gasteiger charge is 2.42. The Hall–Kier alpha value is -1.89. The third kappa shape index (κ3) is 2.65. The molecule has 0 saturated carbocycles. The molecule has 1 aliphatic rings. The van der Waals surface area contributed by atoms with Crippen LogP contribution < -0.4 is 5.73 Å². The van der Waals surface area contributed by atoms with Crippen molar-refractivity contribution < 1.29 is 13.2 Å². The largest absolute Gasteiger partial charge is 0.393 e. The monoisotopic (exact) mass is 296 g/mol. The summed E-state index contributed by atoms with van der Waals surface area (Å²) in [6, 6.07) is 7.33. The predicted molar refractivity (Wildman–Crippen MR) is 71.2 cm³/mol. The second kappa shape index (κ2) is 5.14. The molecule has 1 aromatic heterocycles. The third-order valence-corrected chi connectivity index (χ3v) is 3.86. The van der Waals surface area contributed by atoms with Gasteiger partial charge in [0.1, 0.15) is 5.82 Å². The normalized spacial score (nSPS) is 18.6. The highest BCUT2D eigenvalue weighted by atomic mass is 19.4. The standard InChI is InChI=1S/C14H15F3N4/c15-14(16,17)11-5-6-12-19-20-13(21(12)8-11)10-3-1-9(7-18)2-4-10/h1-4,11H,5-8,18H2. The summed E-state index contributed by atoms with van der Waals surface area (Å²) in [5, 5.41) is 8.07. The molecule has 1 atom stereocenters. The van der Waals surface area contributed by atoms with Crippen LogP contribution in [0.3, 0.4) is 0 Å². The number of rotatable bonds is 2. The highest BCUT2D eigenvalue weighted by molar-refractivity contribution is 5.56. The predicted octanol–water partition coefficient (Wildman–Crippen LogP) is 2.53. The van der Waals surface area contributed by atoms with Gasteiger partial charge in [-0.1, -0.05) is 24.3 Å². The first-order chi connectivity index (χ1) is 9.99. The minimum atomic E-state index is -4.18. The summed E-state index contributed by atoms with van der Waals surface area (Å²) in [6.07, 6.45) is -3.80. The zero-order chi connectivity index (χ0) is 15.0. The summed E-state index contributed by atoms with van der Waals surface area (Å²) in [5.74, 6) is -0.223. The van der Waals surface area contributed by atoms with Gasteiger partial charge in [0, 0.05) is 25.1 Å². The minimum Gasteiger partial charge on any atom is -0.326 e. The zero-order valence-corrected chi connectivity index (χ0v) is 11.3. The summed E-state index contributed by atoms with van der Waals surface area (Å²) in [7, 11) is 0. The van der Waals surface area contributed by atoms with Crippen LogP contribution in [0.4, 0.5) is 13.2 Å². The number of fused-ring (bicyclic) bond motifs is 1. The lowest BCUT2D eigenvalue weighted by Crippen LogP contribution is -2.32. The lowest BCUT2D eigenvalue weighted by molar-refractivity contribution is -0.182. The van der Waals surface area contributed by atoms with E-state index in [1.54, 1.807) is 4.57 Å². The van der Waals surface area contributed by atoms with Crippen LogP contribution in [-0.4, -0.2) is 20.9 Å². The second-order valence-corrected chi connectivity index (χ2v) is 5.23. The zero-order valence-electron chi connectivity index (χ0n) is 11.3. The molecule has 3 rings (SSSR count). The van der Waals surface area contributed by atoms with Gasteiger partial charge in [0.05, 0.1) is 5.92 Å². The van der Waals surface area contributed by atoms with Gasteiger partial charge in [-0.25, -0.2) is 0 Å². The molecule has 21 heavy (non-hydrogen) atoms. The summed E-state index contributed by atoms with van der Waals surface area (Å²) in [4.78, 5) is 0. The van der Waals surface area contributed by atoms with Crippen molar-refractivity contribution in [2.45, 2.75) is 32.1 Å². The maximum atomic E-state index is 12.9. The second-order valence-electron chi connectivity index (χ2n) is 5.23. The van der Waals surface area contributed by atoms with Crippen molar-refractivity contribution in [2.75, 3.05) is 0 Å². The molecular weight excluding hydrogens is 281 g/mol. The van der Waals surface area contributed by atoms with Gasteiger partial charge in [0.2, 0.25) is 0 Å². The average molecular weight is 296 g/mol. The van der Waals surface area contributed by atoms with Crippen molar-refractivity contribution in [1.82, 2.24) is 14.8 Å². The van der Waals surface area contributed by atoms with Crippen LogP contribution in [0.5, 0.6) is 0 Å². The number of hydrogen-bond donors (Lipinski definition) is 1. The van der Waals surface area contributed by atoms with Gasteiger partial charge in [0.15, 0.2) is 5.82 Å². The first-order valence-corrected chi connectivity index (χ1v) is 6.77. The molecule has 1 aliphatic heterocycles. The van der Waals surface area contributed by atoms with Crippen molar-refractivity contribution in [2.24, 2.45) is 11.7 Å². The van der Waals surface area contributed by atoms with Crippen molar-refractivity contribution in [3.63, 3.8) is 0 Å². The quantitative estimate of drug-likeness (QED) is 0.926. The van der Waals surface area contributed by atoms with E-state index in [4.69, 9.17) is 5.73 Å². The van der Waals surface area contributed by atoms with E-state index in [-0.39, 0.29) is 13.0 Å². The first-order valence-electron chi connectivity index (χ1n) is 6.77. The van der Waals surface area contributed by atoms with Crippen LogP contribution in [0.2, 0.25) is 0 Å². The molecule has 1 aromatic carbocycles. The third-order valence-electron chi connectivity index (χ3n) is 3.86. The number of alkyl halides is 3. The van der Waals surface area contributed by atoms with Crippen LogP contribution in [0, 0.1) is 5.92 Å². The Morgan fingerprint density at radius 2 is 1.90 bits per heavy atom. The van der Waals surface area contributed by atoms with E-state index in [0.717, 1.165) is 11.1 Å². The van der Waals surface area contributed by atoms with E-state index < -0.39 is 12.1 Å². The van der Waals surface area contributed by atoms with Gasteiger partial charge in [-0.3, -0.25) is 0 Å². The smallest absolute Gasteiger partial charge is 0.326 e. The van der Waals surface area contributed by atoms with E-state index in [9.17, 15) is 13.2 Å². The summed E-state index contributed by atoms with van der Waals surface area (Å²) in [6.45, 7) is 0.314. The molecule has 7 heteroatoms. The number of nitrogens with zero attached hydrogens (tertiary/aromatic N) is 3. The van der Waals surface area contributed by atoms with E-state index in [0.29, 0.717) is 24.6 Å². The van der Waals surface area contributed by atoms with E-state index in [1.165, 1.54) is 0 Å². The molecule has 0 bridgehead atoms. The van der Waals surface area contributed by atoms with Gasteiger partial charge in [-0.2, -0.15) is 13.2 Å². The summed E-state index contributed by atoms with van der Waals surface area (Å²) in [5.41, 5.74) is 7.26. The molecule has 2 heterocycles. The number of hydrogen-bond acceptors (Lipinski definition) is 3. The molecule has 0 radical (unpaired) electrons. The SMILES string of the molecule is NCc1ccc(-c2nnc3n2CC(C(F)(F)F)CC3)cc1. The maximum absolute atomic E-state index is 12.9. The van der Waals surface area contributed by atoms with E-state index in [2.05, 4.69) is 10.2 Å². The van der Waals surface area contributed by atoms with Gasteiger partial charge in [-0.05, 0) is 12.0 Å². The number of nitrogens with two attached hydrogens (primary N) is 1. The molecule has 112 valence electrons. The Labute approximate surface area is 119 Å². The first kappa shape index (κ1) is 14.1. The van der Waals surface area contributed by atoms with Crippen LogP contribution in [-0.2, 0) is 19.5 Å². The van der Waals surface area contributed by atoms with Crippen LogP contribution >= 0.6 is 0 Å². The Balaban J connectivity index is 1.94. The van der Waals surface area contributed by atoms with Gasteiger partial charge >= 0.3 is 6.18 Å². The minimum absolute atomic E-state index is 0.0771. The Bertz CT molecular complexity index is 631. The van der Waals surface area contributed by atoms with Crippen LogP contribution in [0.1, 0.15) is 17.8 Å². The van der Waals surface area contributed by atoms with Crippen molar-refractivity contribution >= 4 is 0 Å². The summed E-state index contributed by atoms with van der Waals surface area (Å²) >= 11 is 0. The van der Waals surface area contributed by atoms with E-state index >= 15 is 0 Å².